The number of halogens is 1. The van der Waals surface area contributed by atoms with Crippen LogP contribution in [0.4, 0.5) is 0 Å². The average molecular weight is 276 g/mol. The van der Waals surface area contributed by atoms with Gasteiger partial charge in [0.05, 0.1) is 11.2 Å². The second kappa shape index (κ2) is 4.79. The molecular weight excluding hydrogens is 262 g/mol. The first-order valence-electron chi connectivity index (χ1n) is 6.21. The standard InChI is InChI=1S/C14H14ClN3O/c1-18-13(12(15)8-17-18)14(19)10-3-2-9-4-5-16-7-11(9)6-10/h2-3,6,8,16H,4-5,7H2,1H3. The Morgan fingerprint density at radius 1 is 1.42 bits per heavy atom. The predicted octanol–water partition coefficient (Wildman–Crippen LogP) is 1.95. The van der Waals surface area contributed by atoms with Crippen molar-refractivity contribution in [2.45, 2.75) is 13.0 Å². The molecule has 0 atom stereocenters. The molecule has 1 aromatic carbocycles. The normalized spacial score (nSPS) is 14.2. The molecule has 0 fully saturated rings. The largest absolute Gasteiger partial charge is 0.312 e. The van der Waals surface area contributed by atoms with Crippen LogP contribution in [0.5, 0.6) is 0 Å². The van der Waals surface area contributed by atoms with E-state index in [1.807, 2.05) is 18.2 Å². The molecule has 5 heteroatoms. The van der Waals surface area contributed by atoms with Gasteiger partial charge in [-0.05, 0) is 30.2 Å². The lowest BCUT2D eigenvalue weighted by molar-refractivity contribution is 0.103. The van der Waals surface area contributed by atoms with Crippen molar-refractivity contribution in [2.24, 2.45) is 7.05 Å². The first-order chi connectivity index (χ1) is 9.16. The van der Waals surface area contributed by atoms with E-state index in [0.29, 0.717) is 16.3 Å². The molecule has 4 nitrogen and oxygen atoms in total. The van der Waals surface area contributed by atoms with E-state index >= 15 is 0 Å². The number of hydrogen-bond donors (Lipinski definition) is 1. The molecule has 0 amide bonds. The molecule has 0 aliphatic carbocycles. The Bertz CT molecular complexity index is 629. The Balaban J connectivity index is 2.01. The van der Waals surface area contributed by atoms with E-state index in [1.54, 1.807) is 7.05 Å². The van der Waals surface area contributed by atoms with Gasteiger partial charge in [-0.3, -0.25) is 9.48 Å². The minimum atomic E-state index is -0.0848. The number of ketones is 1. The van der Waals surface area contributed by atoms with Crippen molar-refractivity contribution in [1.29, 1.82) is 0 Å². The van der Waals surface area contributed by atoms with Gasteiger partial charge in [0.2, 0.25) is 5.78 Å². The Morgan fingerprint density at radius 3 is 3.00 bits per heavy atom. The maximum absolute atomic E-state index is 12.5. The van der Waals surface area contributed by atoms with E-state index in [2.05, 4.69) is 10.4 Å². The van der Waals surface area contributed by atoms with Crippen molar-refractivity contribution in [2.75, 3.05) is 6.54 Å². The Hall–Kier alpha value is -1.65. The summed E-state index contributed by atoms with van der Waals surface area (Å²) in [6.07, 6.45) is 2.50. The summed E-state index contributed by atoms with van der Waals surface area (Å²) in [5.41, 5.74) is 3.60. The number of carbonyl (C=O) groups is 1. The van der Waals surface area contributed by atoms with Crippen LogP contribution in [0.2, 0.25) is 5.02 Å². The van der Waals surface area contributed by atoms with E-state index in [9.17, 15) is 4.79 Å². The Kier molecular flexibility index (Phi) is 3.12. The molecule has 98 valence electrons. The third kappa shape index (κ3) is 2.17. The molecule has 2 aromatic rings. The van der Waals surface area contributed by atoms with Crippen LogP contribution in [0.3, 0.4) is 0 Å². The number of aromatic nitrogens is 2. The van der Waals surface area contributed by atoms with Crippen LogP contribution >= 0.6 is 11.6 Å². The molecule has 0 unspecified atom stereocenters. The summed E-state index contributed by atoms with van der Waals surface area (Å²) in [4.78, 5) is 12.5. The van der Waals surface area contributed by atoms with Crippen LogP contribution in [0, 0.1) is 0 Å². The summed E-state index contributed by atoms with van der Waals surface area (Å²) in [5.74, 6) is -0.0848. The van der Waals surface area contributed by atoms with Gasteiger partial charge in [0.25, 0.3) is 0 Å². The van der Waals surface area contributed by atoms with Gasteiger partial charge < -0.3 is 5.32 Å². The molecule has 0 saturated carbocycles. The first-order valence-corrected chi connectivity index (χ1v) is 6.59. The van der Waals surface area contributed by atoms with Crippen LogP contribution in [0.1, 0.15) is 27.2 Å². The lowest BCUT2D eigenvalue weighted by Crippen LogP contribution is -2.24. The number of fused-ring (bicyclic) bond motifs is 1. The highest BCUT2D eigenvalue weighted by atomic mass is 35.5. The zero-order valence-electron chi connectivity index (χ0n) is 10.6. The van der Waals surface area contributed by atoms with Gasteiger partial charge in [-0.15, -0.1) is 0 Å². The fourth-order valence-corrected chi connectivity index (χ4v) is 2.68. The maximum atomic E-state index is 12.5. The molecule has 1 aromatic heterocycles. The lowest BCUT2D eigenvalue weighted by atomic mass is 9.96. The number of aryl methyl sites for hydroxylation is 1. The van der Waals surface area contributed by atoms with Gasteiger partial charge >= 0.3 is 0 Å². The molecule has 2 heterocycles. The number of hydrogen-bond acceptors (Lipinski definition) is 3. The van der Waals surface area contributed by atoms with Crippen molar-refractivity contribution < 1.29 is 4.79 Å². The molecule has 19 heavy (non-hydrogen) atoms. The van der Waals surface area contributed by atoms with Crippen LogP contribution in [0.25, 0.3) is 0 Å². The summed E-state index contributed by atoms with van der Waals surface area (Å²) < 4.78 is 1.52. The van der Waals surface area contributed by atoms with E-state index in [0.717, 1.165) is 19.5 Å². The fourth-order valence-electron chi connectivity index (χ4n) is 2.42. The number of nitrogens with zero attached hydrogens (tertiary/aromatic N) is 2. The third-order valence-electron chi connectivity index (χ3n) is 3.46. The highest BCUT2D eigenvalue weighted by molar-refractivity contribution is 6.34. The SMILES string of the molecule is Cn1ncc(Cl)c1C(=O)c1ccc2c(c1)CNCC2. The molecule has 0 radical (unpaired) electrons. The number of benzene rings is 1. The highest BCUT2D eigenvalue weighted by Crippen LogP contribution is 2.21. The second-order valence-electron chi connectivity index (χ2n) is 4.70. The molecule has 0 bridgehead atoms. The topological polar surface area (TPSA) is 46.9 Å². The minimum Gasteiger partial charge on any atom is -0.312 e. The van der Waals surface area contributed by atoms with E-state index in [4.69, 9.17) is 11.6 Å². The van der Waals surface area contributed by atoms with Gasteiger partial charge in [0, 0.05) is 19.2 Å². The minimum absolute atomic E-state index is 0.0848. The van der Waals surface area contributed by atoms with Crippen LogP contribution in [-0.4, -0.2) is 22.1 Å². The third-order valence-corrected chi connectivity index (χ3v) is 3.74. The van der Waals surface area contributed by atoms with E-state index in [-0.39, 0.29) is 5.78 Å². The molecule has 3 rings (SSSR count). The highest BCUT2D eigenvalue weighted by Gasteiger charge is 2.19. The van der Waals surface area contributed by atoms with Crippen LogP contribution in [0.15, 0.2) is 24.4 Å². The predicted molar refractivity (Wildman–Crippen MR) is 73.5 cm³/mol. The molecule has 0 spiro atoms. The molecule has 1 N–H and O–H groups in total. The smallest absolute Gasteiger partial charge is 0.212 e. The monoisotopic (exact) mass is 275 g/mol. The van der Waals surface area contributed by atoms with Gasteiger partial charge in [0.15, 0.2) is 0 Å². The van der Waals surface area contributed by atoms with Crippen molar-refractivity contribution in [1.82, 2.24) is 15.1 Å². The van der Waals surface area contributed by atoms with Crippen molar-refractivity contribution in [3.63, 3.8) is 0 Å². The van der Waals surface area contributed by atoms with Crippen LogP contribution < -0.4 is 5.32 Å². The van der Waals surface area contributed by atoms with Gasteiger partial charge in [-0.2, -0.15) is 5.10 Å². The molecule has 1 aliphatic rings. The molecule has 0 saturated heterocycles. The molecular formula is C14H14ClN3O. The van der Waals surface area contributed by atoms with Crippen molar-refractivity contribution in [3.8, 4) is 0 Å². The summed E-state index contributed by atoms with van der Waals surface area (Å²) in [7, 11) is 1.72. The van der Waals surface area contributed by atoms with Crippen molar-refractivity contribution in [3.05, 3.63) is 51.8 Å². The van der Waals surface area contributed by atoms with Crippen LogP contribution in [-0.2, 0) is 20.0 Å². The maximum Gasteiger partial charge on any atom is 0.212 e. The molecule has 1 aliphatic heterocycles. The van der Waals surface area contributed by atoms with Crippen molar-refractivity contribution >= 4 is 17.4 Å². The van der Waals surface area contributed by atoms with Gasteiger partial charge in [0.1, 0.15) is 5.69 Å². The summed E-state index contributed by atoms with van der Waals surface area (Å²) >= 11 is 6.02. The summed E-state index contributed by atoms with van der Waals surface area (Å²) in [6, 6.07) is 5.86. The number of nitrogens with one attached hydrogen (secondary N) is 1. The summed E-state index contributed by atoms with van der Waals surface area (Å²) in [5, 5.41) is 7.70. The first kappa shape index (κ1) is 12.4. The Labute approximate surface area is 116 Å². The fraction of sp³-hybridized carbons (Fsp3) is 0.286. The lowest BCUT2D eigenvalue weighted by Gasteiger charge is -2.17. The van der Waals surface area contributed by atoms with E-state index < -0.39 is 0 Å². The second-order valence-corrected chi connectivity index (χ2v) is 5.11. The van der Waals surface area contributed by atoms with Gasteiger partial charge in [-0.1, -0.05) is 23.7 Å². The average Bonchev–Trinajstić information content (AvgIpc) is 2.77. The van der Waals surface area contributed by atoms with E-state index in [1.165, 1.54) is 22.0 Å². The zero-order valence-corrected chi connectivity index (χ0v) is 11.4. The number of carbonyl (C=O) groups excluding carboxylic acids is 1. The quantitative estimate of drug-likeness (QED) is 0.852. The summed E-state index contributed by atoms with van der Waals surface area (Å²) in [6.45, 7) is 1.81. The Morgan fingerprint density at radius 2 is 2.26 bits per heavy atom. The number of rotatable bonds is 2. The zero-order chi connectivity index (χ0) is 13.4. The van der Waals surface area contributed by atoms with Gasteiger partial charge in [-0.25, -0.2) is 0 Å².